The van der Waals surface area contributed by atoms with E-state index < -0.39 is 142 Å². The first kappa shape index (κ1) is 78.9. The minimum absolute atomic E-state index is 0.0406. The Morgan fingerprint density at radius 3 is 1.61 bits per heavy atom. The standard InChI is InChI=1S/C81H96N16O14/c1-46(82-9)69(98)87-67(79(3,4)5)74(103)93-43-58-39-65(93)72(101)84-62(37-50-19-25-52-15-11-13-17-54(52)33-50)71(100)85-63(76(105)106)35-48-21-27-60(28-22-48)110-32-31-56-41-96(91-89-56)59-40-81(94(44-59)75(104)68(80(6,7)8)88-70(99)47(2)83-10)78(109)97(81)66(38-51-20-26-53-16-12-14-18-55(53)34-51)73(102)86-64(77(107)108)36-49-23-29-61(30-24-49)111-45-57-42-95(58)92-90-57/h11-30,33-34,41-42,46-47,58-59,62-68,82-83H,31-32,35-40,43-45H2,1-10H3,(H,84,101)(H,85,100)(H,86,102)(H,87,98)(H,88,99)(H,105,106)(H,107,108)/t46-,47-,58-,59-,62-,63-,64-,65-,66-,67+,68+,81+,97?/m0/s1. The normalized spacial score (nSPS) is 22.6. The maximum absolute atomic E-state index is 15.6. The van der Waals surface area contributed by atoms with Gasteiger partial charge in [-0.3, -0.25) is 43.3 Å². The minimum atomic E-state index is -1.79. The van der Waals surface area contributed by atoms with Crippen LogP contribution in [0.4, 0.5) is 0 Å². The summed E-state index contributed by atoms with van der Waals surface area (Å²) in [7, 11) is 3.23. The van der Waals surface area contributed by atoms with E-state index >= 15 is 24.0 Å². The van der Waals surface area contributed by atoms with Crippen LogP contribution in [0, 0.1) is 10.8 Å². The van der Waals surface area contributed by atoms with Crippen molar-refractivity contribution in [1.82, 2.24) is 81.9 Å². The lowest BCUT2D eigenvalue weighted by Crippen LogP contribution is -2.60. The molecule has 9 heterocycles. The maximum atomic E-state index is 15.6. The lowest BCUT2D eigenvalue weighted by Gasteiger charge is -2.36. The molecule has 30 nitrogen and oxygen atoms in total. The van der Waals surface area contributed by atoms with E-state index in [0.717, 1.165) is 21.5 Å². The van der Waals surface area contributed by atoms with Gasteiger partial charge in [-0.15, -0.1) is 10.2 Å². The van der Waals surface area contributed by atoms with Gasteiger partial charge in [0.15, 0.2) is 0 Å². The molecule has 1 spiro atoms. The molecule has 12 atom stereocenters. The van der Waals surface area contributed by atoms with Gasteiger partial charge in [0.2, 0.25) is 47.0 Å². The number of hydrogen-bond acceptors (Lipinski definition) is 18. The number of aromatic nitrogens is 6. The van der Waals surface area contributed by atoms with Crippen molar-refractivity contribution in [3.8, 4) is 11.5 Å². The molecule has 9 N–H and O–H groups in total. The fraction of sp³-hybridized carbons (Fsp3) is 0.432. The molecule has 0 radical (unpaired) electrons. The van der Waals surface area contributed by atoms with Crippen molar-refractivity contribution in [3.05, 3.63) is 179 Å². The number of nitrogens with zero attached hydrogens (tertiary/aromatic N) is 9. The summed E-state index contributed by atoms with van der Waals surface area (Å²) in [6, 6.07) is 27.4. The van der Waals surface area contributed by atoms with Crippen LogP contribution in [0.15, 0.2) is 146 Å². The summed E-state index contributed by atoms with van der Waals surface area (Å²) in [5.74, 6) is -6.97. The number of hydrogen-bond donors (Lipinski definition) is 9. The second-order valence-corrected chi connectivity index (χ2v) is 31.4. The summed E-state index contributed by atoms with van der Waals surface area (Å²) in [6.45, 7) is 13.8. The van der Waals surface area contributed by atoms with Crippen LogP contribution in [-0.4, -0.2) is 208 Å². The van der Waals surface area contributed by atoms with Crippen LogP contribution in [-0.2, 0) is 86.7 Å². The number of benzene rings is 6. The molecule has 0 unspecified atom stereocenters. The summed E-state index contributed by atoms with van der Waals surface area (Å²) in [4.78, 5) is 150. The first-order valence-corrected chi connectivity index (χ1v) is 37.4. The SMILES string of the molecule is CN[C@@H](C)C(=O)N[C@H](C(=O)N1C[C@@H]2C[C@H]1C(=O)N[C@@H](Cc1ccc3ccccc3c1)C(=O)N[C@H](C(=O)O)Cc1ccc(cc1)OCCc1cn(nn1)[C@@H]1CN(C(=O)[C@@H](NC(=O)[C@H](C)NC)C(C)(C)C)[C@@]3(C1)C(=O)N3[C@@H](Cc1ccc3ccccc3c1)C(=O)N[C@H](C(=O)O)Cc1ccc(cc1)OCc1cn2nn1)C(C)(C)C. The van der Waals surface area contributed by atoms with Crippen molar-refractivity contribution >= 4 is 80.7 Å². The Bertz CT molecular complexity index is 4820. The van der Waals surface area contributed by atoms with E-state index in [1.54, 1.807) is 135 Å². The average molecular weight is 1520 g/mol. The van der Waals surface area contributed by atoms with Crippen molar-refractivity contribution in [2.75, 3.05) is 33.8 Å². The van der Waals surface area contributed by atoms with Crippen LogP contribution >= 0.6 is 0 Å². The minimum Gasteiger partial charge on any atom is -0.493 e. The van der Waals surface area contributed by atoms with Crippen LogP contribution < -0.4 is 46.7 Å². The molecule has 7 aliphatic heterocycles. The molecule has 8 aromatic rings. The van der Waals surface area contributed by atoms with Gasteiger partial charge in [-0.1, -0.05) is 161 Å². The third-order valence-corrected chi connectivity index (χ3v) is 21.4. The zero-order valence-electron chi connectivity index (χ0n) is 63.8. The Balaban J connectivity index is 0.876. The smallest absolute Gasteiger partial charge is 0.326 e. The quantitative estimate of drug-likeness (QED) is 0.0682. The number of likely N-dealkylation sites (N-methyl/N-ethyl adjacent to an activating group) is 2. The van der Waals surface area contributed by atoms with Crippen LogP contribution in [0.2, 0.25) is 0 Å². The lowest BCUT2D eigenvalue weighted by molar-refractivity contribution is -0.145. The molecule has 3 saturated heterocycles. The number of nitrogens with one attached hydrogen (secondary N) is 7. The van der Waals surface area contributed by atoms with E-state index in [9.17, 15) is 34.2 Å². The summed E-state index contributed by atoms with van der Waals surface area (Å²) in [6.07, 6.45) is 2.82. The Hall–Kier alpha value is -11.7. The molecule has 8 amide bonds. The van der Waals surface area contributed by atoms with E-state index in [2.05, 4.69) is 57.8 Å². The molecule has 584 valence electrons. The van der Waals surface area contributed by atoms with Gasteiger partial charge in [0.1, 0.15) is 66.1 Å². The van der Waals surface area contributed by atoms with E-state index in [-0.39, 0.29) is 71.2 Å². The molecule has 30 heteroatoms. The third kappa shape index (κ3) is 17.8. The van der Waals surface area contributed by atoms with E-state index in [1.807, 2.05) is 84.9 Å². The number of aliphatic carboxylic acids is 2. The molecule has 0 aliphatic carbocycles. The second-order valence-electron chi connectivity index (χ2n) is 31.4. The fourth-order valence-electron chi connectivity index (χ4n) is 14.7. The number of likely N-dealkylation sites (tertiary alicyclic amines) is 2. The first-order chi connectivity index (χ1) is 52.9. The molecule has 2 aromatic heterocycles. The molecule has 0 saturated carbocycles. The second kappa shape index (κ2) is 32.9. The van der Waals surface area contributed by atoms with Crippen LogP contribution in [0.5, 0.6) is 11.5 Å². The summed E-state index contributed by atoms with van der Waals surface area (Å²) in [5.41, 5.74) is -0.484. The van der Waals surface area contributed by atoms with Gasteiger partial charge >= 0.3 is 11.9 Å². The van der Waals surface area contributed by atoms with Crippen LogP contribution in [0.25, 0.3) is 21.5 Å². The number of rotatable bonds is 14. The number of carbonyl (C=O) groups excluding carboxylic acids is 8. The number of carboxylic acid groups (broad SMARTS) is 2. The number of amides is 8. The first-order valence-electron chi connectivity index (χ1n) is 37.4. The summed E-state index contributed by atoms with van der Waals surface area (Å²) < 4.78 is 15.5. The third-order valence-electron chi connectivity index (χ3n) is 21.4. The monoisotopic (exact) mass is 1520 g/mol. The molecule has 111 heavy (non-hydrogen) atoms. The zero-order chi connectivity index (χ0) is 79.4. The van der Waals surface area contributed by atoms with E-state index in [0.29, 0.717) is 45.1 Å². The van der Waals surface area contributed by atoms with Gasteiger partial charge in [-0.05, 0) is 107 Å². The highest BCUT2D eigenvalue weighted by molar-refractivity contribution is 6.09. The molecule has 3 fully saturated rings. The summed E-state index contributed by atoms with van der Waals surface area (Å²) in [5, 5.41) is 63.1. The fourth-order valence-corrected chi connectivity index (χ4v) is 14.7. The number of carboxylic acids is 2. The molecule has 15 rings (SSSR count). The number of carbonyl (C=O) groups is 10. The highest BCUT2D eigenvalue weighted by Crippen LogP contribution is 2.52. The van der Waals surface area contributed by atoms with Crippen LogP contribution in [0.3, 0.4) is 0 Å². The van der Waals surface area contributed by atoms with Crippen molar-refractivity contribution in [1.29, 1.82) is 0 Å². The Kier molecular flexibility index (Phi) is 23.4. The van der Waals surface area contributed by atoms with Gasteiger partial charge in [0.25, 0.3) is 5.91 Å². The van der Waals surface area contributed by atoms with Gasteiger partial charge in [-0.2, -0.15) is 0 Å². The molecule has 7 aliphatic rings. The van der Waals surface area contributed by atoms with Gasteiger partial charge in [-0.25, -0.2) is 19.0 Å². The van der Waals surface area contributed by atoms with E-state index in [1.165, 1.54) is 19.4 Å². The van der Waals surface area contributed by atoms with Crippen molar-refractivity contribution < 1.29 is 67.6 Å². The largest absolute Gasteiger partial charge is 0.493 e. The van der Waals surface area contributed by atoms with Gasteiger partial charge < -0.3 is 66.7 Å². The Morgan fingerprint density at radius 1 is 0.577 bits per heavy atom. The average Bonchev–Trinajstić information content (AvgIpc) is 1.51. The number of ether oxygens (including phenoxy) is 2. The van der Waals surface area contributed by atoms with Gasteiger partial charge in [0.05, 0.1) is 42.7 Å². The molecule has 12 bridgehead atoms. The highest BCUT2D eigenvalue weighted by Gasteiger charge is 2.75. The van der Waals surface area contributed by atoms with Crippen LogP contribution in [0.1, 0.15) is 114 Å². The summed E-state index contributed by atoms with van der Waals surface area (Å²) >= 11 is 0. The predicted molar refractivity (Wildman–Crippen MR) is 408 cm³/mol. The molecular weight excluding hydrogens is 1420 g/mol. The topological polar surface area (TPSA) is 385 Å². The molecule has 6 aromatic carbocycles. The van der Waals surface area contributed by atoms with Gasteiger partial charge in [0, 0.05) is 64.2 Å². The van der Waals surface area contributed by atoms with E-state index in [4.69, 9.17) is 9.47 Å². The zero-order valence-corrected chi connectivity index (χ0v) is 63.8. The maximum Gasteiger partial charge on any atom is 0.326 e. The Morgan fingerprint density at radius 2 is 1.07 bits per heavy atom. The molecular formula is C81H96N16O14. The van der Waals surface area contributed by atoms with Crippen molar-refractivity contribution in [2.24, 2.45) is 10.8 Å². The predicted octanol–water partition coefficient (Wildman–Crippen LogP) is 4.38. The highest BCUT2D eigenvalue weighted by atomic mass is 16.5. The van der Waals surface area contributed by atoms with Crippen molar-refractivity contribution in [3.63, 3.8) is 0 Å². The lowest BCUT2D eigenvalue weighted by atomic mass is 9.85. The van der Waals surface area contributed by atoms with Crippen molar-refractivity contribution in [2.45, 2.75) is 179 Å². The Labute approximate surface area is 642 Å². The number of fused-ring (bicyclic) bond motifs is 2.